The monoisotopic (exact) mass is 206 g/mol. The fraction of sp³-hybridized carbons (Fsp3) is 0.385. The maximum absolute atomic E-state index is 5.96. The van der Waals surface area contributed by atoms with E-state index in [0.717, 1.165) is 11.4 Å². The van der Waals surface area contributed by atoms with Crippen LogP contribution < -0.4 is 0 Å². The summed E-state index contributed by atoms with van der Waals surface area (Å²) in [6.07, 6.45) is 3.36. The van der Waals surface area contributed by atoms with Crippen molar-refractivity contribution in [1.82, 2.24) is 0 Å². The number of halogens is 1. The highest BCUT2D eigenvalue weighted by atomic mass is 35.5. The van der Waals surface area contributed by atoms with E-state index in [9.17, 15) is 0 Å². The van der Waals surface area contributed by atoms with Crippen molar-refractivity contribution in [2.45, 2.75) is 27.2 Å². The molecule has 1 aliphatic carbocycles. The van der Waals surface area contributed by atoms with Crippen molar-refractivity contribution in [3.8, 4) is 0 Å². The van der Waals surface area contributed by atoms with E-state index >= 15 is 0 Å². The molecule has 0 unspecified atom stereocenters. The maximum atomic E-state index is 5.96. The molecule has 1 aromatic carbocycles. The van der Waals surface area contributed by atoms with Crippen LogP contribution in [0.25, 0.3) is 6.08 Å². The number of benzene rings is 1. The Balaban J connectivity index is 2.39. The van der Waals surface area contributed by atoms with Gasteiger partial charge in [0.25, 0.3) is 0 Å². The van der Waals surface area contributed by atoms with Gasteiger partial charge in [0.15, 0.2) is 0 Å². The predicted octanol–water partition coefficient (Wildman–Crippen LogP) is 4.33. The molecule has 0 radical (unpaired) electrons. The van der Waals surface area contributed by atoms with Crippen molar-refractivity contribution in [1.29, 1.82) is 0 Å². The third-order valence-corrected chi connectivity index (χ3v) is 3.02. The molecule has 0 N–H and O–H groups in total. The van der Waals surface area contributed by atoms with Crippen molar-refractivity contribution >= 4 is 17.7 Å². The molecule has 1 aliphatic rings. The summed E-state index contributed by atoms with van der Waals surface area (Å²) in [5.41, 5.74) is 4.46. The van der Waals surface area contributed by atoms with Gasteiger partial charge < -0.3 is 0 Å². The molecule has 0 spiro atoms. The van der Waals surface area contributed by atoms with Crippen LogP contribution in [0.2, 0.25) is 5.02 Å². The standard InChI is InChI=1S/C13H15Cl/c1-13(2,3)11-6-9-4-5-12(14)8-10(9)7-11/h4-5,7-8H,6H2,1-3H3. The topological polar surface area (TPSA) is 0 Å². The Hall–Kier alpha value is -0.750. The number of hydrogen-bond acceptors (Lipinski definition) is 0. The second-order valence-electron chi connectivity index (χ2n) is 4.94. The molecule has 0 nitrogen and oxygen atoms in total. The molecule has 2 rings (SSSR count). The number of fused-ring (bicyclic) bond motifs is 1. The van der Waals surface area contributed by atoms with E-state index in [-0.39, 0.29) is 5.41 Å². The van der Waals surface area contributed by atoms with Gasteiger partial charge in [0.1, 0.15) is 0 Å². The highest BCUT2D eigenvalue weighted by Gasteiger charge is 2.22. The third-order valence-electron chi connectivity index (χ3n) is 2.78. The average molecular weight is 207 g/mol. The quantitative estimate of drug-likeness (QED) is 0.593. The summed E-state index contributed by atoms with van der Waals surface area (Å²) in [4.78, 5) is 0. The van der Waals surface area contributed by atoms with Crippen LogP contribution in [-0.2, 0) is 6.42 Å². The number of allylic oxidation sites excluding steroid dienone is 1. The van der Waals surface area contributed by atoms with E-state index in [1.807, 2.05) is 6.07 Å². The van der Waals surface area contributed by atoms with Gasteiger partial charge in [0, 0.05) is 5.02 Å². The Bertz CT molecular complexity index is 394. The maximum Gasteiger partial charge on any atom is 0.0412 e. The Labute approximate surface area is 90.6 Å². The summed E-state index contributed by atoms with van der Waals surface area (Å²) in [7, 11) is 0. The van der Waals surface area contributed by atoms with E-state index in [0.29, 0.717) is 0 Å². The first-order valence-electron chi connectivity index (χ1n) is 4.96. The van der Waals surface area contributed by atoms with Crippen LogP contribution in [0, 0.1) is 5.41 Å². The SMILES string of the molecule is CC(C)(C)C1=Cc2cc(Cl)ccc2C1. The van der Waals surface area contributed by atoms with Crippen LogP contribution in [0.1, 0.15) is 31.9 Å². The van der Waals surface area contributed by atoms with Crippen LogP contribution in [0.4, 0.5) is 0 Å². The summed E-state index contributed by atoms with van der Waals surface area (Å²) >= 11 is 5.96. The largest absolute Gasteiger partial charge is 0.0843 e. The molecule has 0 saturated carbocycles. The van der Waals surface area contributed by atoms with Gasteiger partial charge >= 0.3 is 0 Å². The van der Waals surface area contributed by atoms with Crippen molar-refractivity contribution < 1.29 is 0 Å². The first-order valence-corrected chi connectivity index (χ1v) is 5.34. The number of rotatable bonds is 0. The lowest BCUT2D eigenvalue weighted by molar-refractivity contribution is 0.498. The minimum absolute atomic E-state index is 0.269. The Morgan fingerprint density at radius 1 is 1.21 bits per heavy atom. The lowest BCUT2D eigenvalue weighted by atomic mass is 9.85. The molecule has 0 saturated heterocycles. The van der Waals surface area contributed by atoms with Gasteiger partial charge in [-0.3, -0.25) is 0 Å². The van der Waals surface area contributed by atoms with Gasteiger partial charge in [-0.15, -0.1) is 0 Å². The lowest BCUT2D eigenvalue weighted by Gasteiger charge is -2.19. The molecule has 74 valence electrons. The molecule has 0 atom stereocenters. The smallest absolute Gasteiger partial charge is 0.0412 e. The Morgan fingerprint density at radius 2 is 1.93 bits per heavy atom. The van der Waals surface area contributed by atoms with Crippen molar-refractivity contribution in [3.05, 3.63) is 39.9 Å². The highest BCUT2D eigenvalue weighted by molar-refractivity contribution is 6.30. The summed E-state index contributed by atoms with van der Waals surface area (Å²) < 4.78 is 0. The predicted molar refractivity (Wildman–Crippen MR) is 62.6 cm³/mol. The first kappa shape index (κ1) is 9.79. The molecule has 0 aliphatic heterocycles. The van der Waals surface area contributed by atoms with Gasteiger partial charge in [-0.05, 0) is 35.1 Å². The lowest BCUT2D eigenvalue weighted by Crippen LogP contribution is -2.08. The zero-order valence-corrected chi connectivity index (χ0v) is 9.65. The molecule has 0 heterocycles. The fourth-order valence-corrected chi connectivity index (χ4v) is 1.97. The minimum Gasteiger partial charge on any atom is -0.0843 e. The zero-order chi connectivity index (χ0) is 10.3. The van der Waals surface area contributed by atoms with Crippen molar-refractivity contribution in [2.24, 2.45) is 5.41 Å². The van der Waals surface area contributed by atoms with E-state index < -0.39 is 0 Å². The first-order chi connectivity index (χ1) is 6.47. The summed E-state index contributed by atoms with van der Waals surface area (Å²) in [5.74, 6) is 0. The normalized spacial score (nSPS) is 15.3. The van der Waals surface area contributed by atoms with E-state index in [4.69, 9.17) is 11.6 Å². The molecule has 0 aromatic heterocycles. The molecular weight excluding hydrogens is 192 g/mol. The third kappa shape index (κ3) is 1.72. The van der Waals surface area contributed by atoms with Crippen molar-refractivity contribution in [3.63, 3.8) is 0 Å². The zero-order valence-electron chi connectivity index (χ0n) is 8.89. The highest BCUT2D eigenvalue weighted by Crippen LogP contribution is 2.36. The van der Waals surface area contributed by atoms with Crippen LogP contribution in [-0.4, -0.2) is 0 Å². The fourth-order valence-electron chi connectivity index (χ4n) is 1.79. The van der Waals surface area contributed by atoms with Crippen LogP contribution in [0.5, 0.6) is 0 Å². The Kier molecular flexibility index (Phi) is 2.19. The summed E-state index contributed by atoms with van der Waals surface area (Å²) in [5, 5.41) is 0.829. The van der Waals surface area contributed by atoms with Gasteiger partial charge in [-0.25, -0.2) is 0 Å². The van der Waals surface area contributed by atoms with E-state index in [1.165, 1.54) is 16.7 Å². The molecule has 0 bridgehead atoms. The molecular formula is C13H15Cl. The second-order valence-corrected chi connectivity index (χ2v) is 5.38. The summed E-state index contributed by atoms with van der Waals surface area (Å²) in [6.45, 7) is 6.77. The van der Waals surface area contributed by atoms with E-state index in [2.05, 4.69) is 39.0 Å². The van der Waals surface area contributed by atoms with Crippen LogP contribution in [0.15, 0.2) is 23.8 Å². The summed E-state index contributed by atoms with van der Waals surface area (Å²) in [6, 6.07) is 6.16. The van der Waals surface area contributed by atoms with Crippen LogP contribution >= 0.6 is 11.6 Å². The molecule has 0 fully saturated rings. The number of hydrogen-bond donors (Lipinski definition) is 0. The molecule has 1 heteroatoms. The van der Waals surface area contributed by atoms with Gasteiger partial charge in [0.2, 0.25) is 0 Å². The van der Waals surface area contributed by atoms with Crippen LogP contribution in [0.3, 0.4) is 0 Å². The van der Waals surface area contributed by atoms with Crippen molar-refractivity contribution in [2.75, 3.05) is 0 Å². The average Bonchev–Trinajstić information content (AvgIpc) is 2.45. The minimum atomic E-state index is 0.269. The van der Waals surface area contributed by atoms with Gasteiger partial charge in [-0.1, -0.05) is 50.1 Å². The molecule has 14 heavy (non-hydrogen) atoms. The van der Waals surface area contributed by atoms with E-state index in [1.54, 1.807) is 0 Å². The van der Waals surface area contributed by atoms with Gasteiger partial charge in [0.05, 0.1) is 0 Å². The molecule has 1 aromatic rings. The molecule has 0 amide bonds. The second kappa shape index (κ2) is 3.13. The Morgan fingerprint density at radius 3 is 2.57 bits per heavy atom. The van der Waals surface area contributed by atoms with Gasteiger partial charge in [-0.2, -0.15) is 0 Å².